The van der Waals surface area contributed by atoms with E-state index in [0.717, 1.165) is 22.7 Å². The number of para-hydroxylation sites is 1. The number of fused-ring (bicyclic) bond motifs is 3. The minimum absolute atomic E-state index is 0.0427. The number of rotatable bonds is 1. The molecule has 0 radical (unpaired) electrons. The summed E-state index contributed by atoms with van der Waals surface area (Å²) in [6.45, 7) is 0. The molecule has 0 unspecified atom stereocenters. The summed E-state index contributed by atoms with van der Waals surface area (Å²) in [6.07, 6.45) is 0. The molecule has 0 aliphatic carbocycles. The molecule has 1 N–H and O–H groups in total. The van der Waals surface area contributed by atoms with E-state index in [4.69, 9.17) is 0 Å². The van der Waals surface area contributed by atoms with Gasteiger partial charge < -0.3 is 4.98 Å². The predicted molar refractivity (Wildman–Crippen MR) is 76.5 cm³/mol. The summed E-state index contributed by atoms with van der Waals surface area (Å²) >= 11 is 0. The second kappa shape index (κ2) is 4.45. The van der Waals surface area contributed by atoms with Crippen LogP contribution < -0.4 is 5.69 Å². The van der Waals surface area contributed by atoms with Crippen molar-refractivity contribution in [3.63, 3.8) is 0 Å². The molecule has 0 saturated carbocycles. The van der Waals surface area contributed by atoms with Crippen molar-refractivity contribution < 1.29 is 8.78 Å². The maximum atomic E-state index is 13.9. The van der Waals surface area contributed by atoms with Crippen LogP contribution in [-0.4, -0.2) is 19.6 Å². The van der Waals surface area contributed by atoms with Crippen molar-refractivity contribution in [1.82, 2.24) is 19.6 Å². The first kappa shape index (κ1) is 12.6. The zero-order valence-electron chi connectivity index (χ0n) is 11.0. The maximum Gasteiger partial charge on any atom is 0.348 e. The molecule has 0 bridgehead atoms. The van der Waals surface area contributed by atoms with Gasteiger partial charge in [0, 0.05) is 5.39 Å². The number of aromatic amines is 1. The number of H-pyrrole nitrogens is 1. The van der Waals surface area contributed by atoms with Gasteiger partial charge in [-0.3, -0.25) is 0 Å². The maximum absolute atomic E-state index is 13.9. The summed E-state index contributed by atoms with van der Waals surface area (Å²) in [5, 5.41) is 4.65. The summed E-state index contributed by atoms with van der Waals surface area (Å²) < 4.78 is 28.2. The van der Waals surface area contributed by atoms with Crippen LogP contribution in [0.4, 0.5) is 8.78 Å². The van der Waals surface area contributed by atoms with Gasteiger partial charge in [-0.1, -0.05) is 12.1 Å². The second-order valence-electron chi connectivity index (χ2n) is 4.77. The first-order chi connectivity index (χ1) is 10.6. The van der Waals surface area contributed by atoms with Crippen LogP contribution in [0.1, 0.15) is 0 Å². The van der Waals surface area contributed by atoms with E-state index >= 15 is 0 Å². The molecule has 2 heterocycles. The van der Waals surface area contributed by atoms with Crippen molar-refractivity contribution >= 4 is 16.6 Å². The average molecular weight is 298 g/mol. The fraction of sp³-hybridized carbons (Fsp3) is 0. The summed E-state index contributed by atoms with van der Waals surface area (Å²) in [5.74, 6) is -1.30. The highest BCUT2D eigenvalue weighted by Crippen LogP contribution is 2.22. The molecular weight excluding hydrogens is 290 g/mol. The summed E-state index contributed by atoms with van der Waals surface area (Å²) in [5.41, 5.74) is 0.299. The van der Waals surface area contributed by atoms with Crippen LogP contribution in [0.3, 0.4) is 0 Å². The highest BCUT2D eigenvalue weighted by molar-refractivity contribution is 5.91. The number of nitrogens with zero attached hydrogens (tertiary/aromatic N) is 3. The molecule has 2 aromatic carbocycles. The average Bonchev–Trinajstić information content (AvgIpc) is 2.96. The molecule has 0 atom stereocenters. The highest BCUT2D eigenvalue weighted by atomic mass is 19.1. The third kappa shape index (κ3) is 1.79. The highest BCUT2D eigenvalue weighted by Gasteiger charge is 2.15. The van der Waals surface area contributed by atoms with Crippen LogP contribution in [-0.2, 0) is 0 Å². The van der Waals surface area contributed by atoms with Gasteiger partial charge in [0.15, 0.2) is 11.5 Å². The van der Waals surface area contributed by atoms with Crippen LogP contribution in [0, 0.1) is 11.6 Å². The molecule has 0 amide bonds. The van der Waals surface area contributed by atoms with Crippen molar-refractivity contribution in [2.45, 2.75) is 0 Å². The van der Waals surface area contributed by atoms with Crippen LogP contribution in [0.5, 0.6) is 0 Å². The Hall–Kier alpha value is -3.09. The predicted octanol–water partition coefficient (Wildman–Crippen LogP) is 2.52. The third-order valence-corrected chi connectivity index (χ3v) is 3.38. The van der Waals surface area contributed by atoms with E-state index in [0.29, 0.717) is 10.9 Å². The lowest BCUT2D eigenvalue weighted by molar-refractivity contribution is 0.602. The number of aromatic nitrogens is 4. The number of halogens is 2. The lowest BCUT2D eigenvalue weighted by Crippen LogP contribution is -2.17. The fourth-order valence-electron chi connectivity index (χ4n) is 2.37. The van der Waals surface area contributed by atoms with E-state index in [1.165, 1.54) is 0 Å². The zero-order valence-corrected chi connectivity index (χ0v) is 11.0. The Morgan fingerprint density at radius 1 is 1.09 bits per heavy atom. The lowest BCUT2D eigenvalue weighted by atomic mass is 10.2. The summed E-state index contributed by atoms with van der Waals surface area (Å²) in [6, 6.07) is 10.1. The molecule has 7 heteroatoms. The van der Waals surface area contributed by atoms with E-state index in [-0.39, 0.29) is 17.0 Å². The quantitative estimate of drug-likeness (QED) is 0.587. The lowest BCUT2D eigenvalue weighted by Gasteiger charge is -1.97. The van der Waals surface area contributed by atoms with E-state index in [2.05, 4.69) is 15.1 Å². The van der Waals surface area contributed by atoms with Crippen molar-refractivity contribution in [2.75, 3.05) is 0 Å². The van der Waals surface area contributed by atoms with Gasteiger partial charge in [-0.05, 0) is 30.3 Å². The van der Waals surface area contributed by atoms with Crippen LogP contribution in [0.25, 0.3) is 27.9 Å². The van der Waals surface area contributed by atoms with Crippen LogP contribution >= 0.6 is 0 Å². The van der Waals surface area contributed by atoms with Gasteiger partial charge in [-0.25, -0.2) is 18.6 Å². The van der Waals surface area contributed by atoms with Gasteiger partial charge in [0.1, 0.15) is 11.6 Å². The molecule has 0 saturated heterocycles. The molecule has 108 valence electrons. The molecule has 2 aromatic heterocycles. The van der Waals surface area contributed by atoms with Crippen molar-refractivity contribution in [3.8, 4) is 11.4 Å². The Labute approximate surface area is 121 Å². The molecule has 0 spiro atoms. The Morgan fingerprint density at radius 3 is 2.77 bits per heavy atom. The van der Waals surface area contributed by atoms with Crippen molar-refractivity contribution in [3.05, 3.63) is 64.6 Å². The second-order valence-corrected chi connectivity index (χ2v) is 4.77. The SMILES string of the molecule is O=c1[nH]c2ccccc2c2nc(-c3cc(F)ccc3F)nn12. The Bertz CT molecular complexity index is 1080. The minimum atomic E-state index is -0.655. The zero-order chi connectivity index (χ0) is 15.3. The molecular formula is C15H8F2N4O. The van der Waals surface area contributed by atoms with Crippen LogP contribution in [0.2, 0.25) is 0 Å². The first-order valence-electron chi connectivity index (χ1n) is 6.47. The minimum Gasteiger partial charge on any atom is -0.305 e. The molecule has 22 heavy (non-hydrogen) atoms. The smallest absolute Gasteiger partial charge is 0.305 e. The Balaban J connectivity index is 2.09. The molecule has 0 fully saturated rings. The molecule has 5 nitrogen and oxygen atoms in total. The normalized spacial score (nSPS) is 11.4. The number of hydrogen-bond donors (Lipinski definition) is 1. The standard InChI is InChI=1S/C15H8F2N4O/c16-8-5-6-11(17)10(7-8)13-19-14-9-3-1-2-4-12(9)18-15(22)21(14)20-13/h1-7H,(H,18,22). The van der Waals surface area contributed by atoms with E-state index in [1.807, 2.05) is 0 Å². The van der Waals surface area contributed by atoms with Crippen molar-refractivity contribution in [1.29, 1.82) is 0 Å². The first-order valence-corrected chi connectivity index (χ1v) is 6.47. The monoisotopic (exact) mass is 298 g/mol. The van der Waals surface area contributed by atoms with Gasteiger partial charge in [-0.15, -0.1) is 5.10 Å². The molecule has 4 rings (SSSR count). The topological polar surface area (TPSA) is 63.0 Å². The molecule has 0 aliphatic heterocycles. The summed E-state index contributed by atoms with van der Waals surface area (Å²) in [7, 11) is 0. The van der Waals surface area contributed by atoms with E-state index in [1.54, 1.807) is 24.3 Å². The molecule has 4 aromatic rings. The van der Waals surface area contributed by atoms with Gasteiger partial charge in [0.05, 0.1) is 11.1 Å². The van der Waals surface area contributed by atoms with Gasteiger partial charge in [-0.2, -0.15) is 4.52 Å². The number of nitrogens with one attached hydrogen (secondary N) is 1. The van der Waals surface area contributed by atoms with Gasteiger partial charge in [0.2, 0.25) is 0 Å². The molecule has 0 aliphatic rings. The fourth-order valence-corrected chi connectivity index (χ4v) is 2.37. The van der Waals surface area contributed by atoms with Crippen molar-refractivity contribution in [2.24, 2.45) is 0 Å². The van der Waals surface area contributed by atoms with Gasteiger partial charge in [0.25, 0.3) is 0 Å². The third-order valence-electron chi connectivity index (χ3n) is 3.38. The van der Waals surface area contributed by atoms with E-state index < -0.39 is 17.3 Å². The Kier molecular flexibility index (Phi) is 2.56. The van der Waals surface area contributed by atoms with Crippen LogP contribution in [0.15, 0.2) is 47.3 Å². The van der Waals surface area contributed by atoms with Gasteiger partial charge >= 0.3 is 5.69 Å². The summed E-state index contributed by atoms with van der Waals surface area (Å²) in [4.78, 5) is 18.9. The number of benzene rings is 2. The largest absolute Gasteiger partial charge is 0.348 e. The van der Waals surface area contributed by atoms with E-state index in [9.17, 15) is 13.6 Å². The number of hydrogen-bond acceptors (Lipinski definition) is 3. The Morgan fingerprint density at radius 2 is 1.91 bits per heavy atom.